The molecule has 0 aromatic heterocycles. The molecule has 0 radical (unpaired) electrons. The highest BCUT2D eigenvalue weighted by atomic mass is 79.9. The fourth-order valence-electron chi connectivity index (χ4n) is 1.86. The molecule has 0 aliphatic carbocycles. The lowest BCUT2D eigenvalue weighted by Gasteiger charge is -2.13. The summed E-state index contributed by atoms with van der Waals surface area (Å²) < 4.78 is 1.24. The van der Waals surface area contributed by atoms with Crippen LogP contribution in [0.3, 0.4) is 0 Å². The Balaban J connectivity index is 1.99. The molecule has 6 nitrogen and oxygen atoms in total. The summed E-state index contributed by atoms with van der Waals surface area (Å²) in [6, 6.07) is 7.44. The Morgan fingerprint density at radius 1 is 1.33 bits per heavy atom. The molecule has 0 saturated carbocycles. The number of carbonyl (C=O) groups excluding carboxylic acids is 2. The van der Waals surface area contributed by atoms with Crippen molar-refractivity contribution < 1.29 is 19.5 Å². The predicted octanol–water partition coefficient (Wildman–Crippen LogP) is 2.24. The van der Waals surface area contributed by atoms with Crippen molar-refractivity contribution in [1.82, 2.24) is 10.2 Å². The maximum atomic E-state index is 12.4. The molecule has 1 aliphatic heterocycles. The van der Waals surface area contributed by atoms with E-state index in [1.54, 1.807) is 6.08 Å². The first-order valence-electron chi connectivity index (χ1n) is 6.86. The molecular formula is C15H13BrN2O4S2. The number of hydrogen-bond acceptors (Lipinski definition) is 5. The SMILES string of the molecule is O=C(O)CCNC(=O)CN1C(=O)/C(=C/c2ccc(Br)cc2)SC1=S. The third-order valence-electron chi connectivity index (χ3n) is 3.00. The first-order valence-corrected chi connectivity index (χ1v) is 8.88. The number of nitrogens with one attached hydrogen (secondary N) is 1. The number of thiocarbonyl (C=S) groups is 1. The van der Waals surface area contributed by atoms with E-state index in [9.17, 15) is 14.4 Å². The molecule has 1 fully saturated rings. The average Bonchev–Trinajstić information content (AvgIpc) is 2.77. The summed E-state index contributed by atoms with van der Waals surface area (Å²) in [7, 11) is 0. The van der Waals surface area contributed by atoms with Gasteiger partial charge in [0.2, 0.25) is 5.91 Å². The number of carboxylic acid groups (broad SMARTS) is 1. The molecule has 0 unspecified atom stereocenters. The van der Waals surface area contributed by atoms with Gasteiger partial charge in [0.1, 0.15) is 10.9 Å². The lowest BCUT2D eigenvalue weighted by atomic mass is 10.2. The molecule has 1 aromatic carbocycles. The predicted molar refractivity (Wildman–Crippen MR) is 99.3 cm³/mol. The van der Waals surface area contributed by atoms with Gasteiger partial charge in [-0.25, -0.2) is 0 Å². The molecule has 126 valence electrons. The van der Waals surface area contributed by atoms with Crippen molar-refractivity contribution in [3.63, 3.8) is 0 Å². The standard InChI is InChI=1S/C15H13BrN2O4S2/c16-10-3-1-9(2-4-10)7-11-14(22)18(15(23)24-11)8-12(19)17-6-5-13(20)21/h1-4,7H,5-6,8H2,(H,17,19)(H,20,21)/b11-7-. The number of thioether (sulfide) groups is 1. The van der Waals surface area contributed by atoms with E-state index in [4.69, 9.17) is 17.3 Å². The zero-order valence-electron chi connectivity index (χ0n) is 12.3. The van der Waals surface area contributed by atoms with Crippen LogP contribution in [0.5, 0.6) is 0 Å². The average molecular weight is 429 g/mol. The van der Waals surface area contributed by atoms with E-state index in [2.05, 4.69) is 21.2 Å². The van der Waals surface area contributed by atoms with Crippen LogP contribution < -0.4 is 5.32 Å². The van der Waals surface area contributed by atoms with Crippen LogP contribution in [0.2, 0.25) is 0 Å². The Kier molecular flexibility index (Phi) is 6.52. The molecule has 0 bridgehead atoms. The van der Waals surface area contributed by atoms with Crippen molar-refractivity contribution in [2.45, 2.75) is 6.42 Å². The van der Waals surface area contributed by atoms with Crippen molar-refractivity contribution in [3.05, 3.63) is 39.2 Å². The largest absolute Gasteiger partial charge is 0.481 e. The van der Waals surface area contributed by atoms with Gasteiger partial charge in [0.25, 0.3) is 5.91 Å². The summed E-state index contributed by atoms with van der Waals surface area (Å²) in [6.07, 6.45) is 1.54. The summed E-state index contributed by atoms with van der Waals surface area (Å²) >= 11 is 9.63. The van der Waals surface area contributed by atoms with Gasteiger partial charge in [-0.1, -0.05) is 52.0 Å². The summed E-state index contributed by atoms with van der Waals surface area (Å²) in [4.78, 5) is 36.2. The number of rotatable bonds is 6. The number of amides is 2. The molecule has 1 heterocycles. The van der Waals surface area contributed by atoms with Crippen LogP contribution in [-0.4, -0.2) is 45.2 Å². The molecule has 24 heavy (non-hydrogen) atoms. The van der Waals surface area contributed by atoms with Crippen LogP contribution in [0.25, 0.3) is 6.08 Å². The Bertz CT molecular complexity index is 719. The van der Waals surface area contributed by atoms with Crippen molar-refractivity contribution in [3.8, 4) is 0 Å². The van der Waals surface area contributed by atoms with Crippen LogP contribution in [0, 0.1) is 0 Å². The van der Waals surface area contributed by atoms with Crippen molar-refractivity contribution in [1.29, 1.82) is 0 Å². The third kappa shape index (κ3) is 5.15. The maximum absolute atomic E-state index is 12.4. The van der Waals surface area contributed by atoms with Crippen molar-refractivity contribution >= 4 is 68.1 Å². The first-order chi connectivity index (χ1) is 11.4. The zero-order valence-corrected chi connectivity index (χ0v) is 15.5. The van der Waals surface area contributed by atoms with E-state index in [0.717, 1.165) is 21.8 Å². The zero-order chi connectivity index (χ0) is 17.7. The summed E-state index contributed by atoms with van der Waals surface area (Å²) in [5, 5.41) is 11.0. The second kappa shape index (κ2) is 8.41. The van der Waals surface area contributed by atoms with Gasteiger partial charge in [-0.3, -0.25) is 19.3 Å². The highest BCUT2D eigenvalue weighted by Gasteiger charge is 2.33. The molecule has 9 heteroatoms. The topological polar surface area (TPSA) is 86.7 Å². The van der Waals surface area contributed by atoms with Crippen LogP contribution >= 0.6 is 39.9 Å². The minimum absolute atomic E-state index is 0.0116. The van der Waals surface area contributed by atoms with Crippen LogP contribution in [0.1, 0.15) is 12.0 Å². The molecule has 2 N–H and O–H groups in total. The van der Waals surface area contributed by atoms with E-state index < -0.39 is 11.9 Å². The maximum Gasteiger partial charge on any atom is 0.305 e. The van der Waals surface area contributed by atoms with E-state index in [0.29, 0.717) is 9.23 Å². The van der Waals surface area contributed by atoms with Gasteiger partial charge < -0.3 is 10.4 Å². The Labute approximate surface area is 156 Å². The van der Waals surface area contributed by atoms with Crippen LogP contribution in [0.15, 0.2) is 33.6 Å². The molecule has 1 aliphatic rings. The second-order valence-electron chi connectivity index (χ2n) is 4.81. The fraction of sp³-hybridized carbons (Fsp3) is 0.200. The number of aliphatic carboxylic acids is 1. The Morgan fingerprint density at radius 2 is 2.00 bits per heavy atom. The molecule has 0 atom stereocenters. The fourth-order valence-corrected chi connectivity index (χ4v) is 3.37. The van der Waals surface area contributed by atoms with Crippen LogP contribution in [0.4, 0.5) is 0 Å². The molecule has 2 rings (SSSR count). The molecule has 0 spiro atoms. The second-order valence-corrected chi connectivity index (χ2v) is 7.40. The monoisotopic (exact) mass is 428 g/mol. The van der Waals surface area contributed by atoms with E-state index in [1.165, 1.54) is 4.90 Å². The lowest BCUT2D eigenvalue weighted by Crippen LogP contribution is -2.40. The highest BCUT2D eigenvalue weighted by molar-refractivity contribution is 9.10. The van der Waals surface area contributed by atoms with Gasteiger partial charge in [-0.05, 0) is 23.8 Å². The van der Waals surface area contributed by atoms with E-state index in [-0.39, 0.29) is 25.4 Å². The molecule has 2 amide bonds. The molecule has 1 aromatic rings. The number of halogens is 1. The van der Waals surface area contributed by atoms with E-state index in [1.807, 2.05) is 24.3 Å². The van der Waals surface area contributed by atoms with Gasteiger partial charge in [0.05, 0.1) is 11.3 Å². The van der Waals surface area contributed by atoms with Gasteiger partial charge in [-0.15, -0.1) is 0 Å². The summed E-state index contributed by atoms with van der Waals surface area (Å²) in [6.45, 7) is -0.209. The smallest absolute Gasteiger partial charge is 0.305 e. The minimum Gasteiger partial charge on any atom is -0.481 e. The third-order valence-corrected chi connectivity index (χ3v) is 4.91. The van der Waals surface area contributed by atoms with Gasteiger partial charge in [0.15, 0.2) is 0 Å². The Morgan fingerprint density at radius 3 is 2.62 bits per heavy atom. The minimum atomic E-state index is -1.00. The van der Waals surface area contributed by atoms with Crippen LogP contribution in [-0.2, 0) is 14.4 Å². The summed E-state index contributed by atoms with van der Waals surface area (Å²) in [5.41, 5.74) is 0.851. The van der Waals surface area contributed by atoms with Gasteiger partial charge in [0, 0.05) is 11.0 Å². The first kappa shape index (κ1) is 18.6. The number of nitrogens with zero attached hydrogens (tertiary/aromatic N) is 1. The summed E-state index contributed by atoms with van der Waals surface area (Å²) in [5.74, 6) is -1.78. The van der Waals surface area contributed by atoms with E-state index >= 15 is 0 Å². The number of hydrogen-bond donors (Lipinski definition) is 2. The Hall–Kier alpha value is -1.71. The van der Waals surface area contributed by atoms with Gasteiger partial charge in [-0.2, -0.15) is 0 Å². The number of carboxylic acids is 1. The molecule has 1 saturated heterocycles. The van der Waals surface area contributed by atoms with Crippen molar-refractivity contribution in [2.24, 2.45) is 0 Å². The molecular weight excluding hydrogens is 416 g/mol. The quantitative estimate of drug-likeness (QED) is 0.533. The lowest BCUT2D eigenvalue weighted by molar-refractivity contribution is -0.137. The number of benzene rings is 1. The normalized spacial score (nSPS) is 15.9. The highest BCUT2D eigenvalue weighted by Crippen LogP contribution is 2.32. The van der Waals surface area contributed by atoms with Gasteiger partial charge >= 0.3 is 5.97 Å². The number of carbonyl (C=O) groups is 3. The van der Waals surface area contributed by atoms with Crippen molar-refractivity contribution in [2.75, 3.05) is 13.1 Å².